The average molecular weight is 474 g/mol. The number of nitrogens with zero attached hydrogens (tertiary/aromatic N) is 2. The van der Waals surface area contributed by atoms with Crippen LogP contribution < -0.4 is 5.32 Å². The number of unbranched alkanes of at least 4 members (excludes halogenated alkanes) is 1. The first-order valence-electron chi connectivity index (χ1n) is 12.6. The lowest BCUT2D eigenvalue weighted by atomic mass is 9.79. The Bertz CT molecular complexity index is 1030. The molecule has 6 nitrogen and oxygen atoms in total. The Labute approximate surface area is 208 Å². The van der Waals surface area contributed by atoms with Crippen molar-refractivity contribution in [2.45, 2.75) is 38.5 Å². The third-order valence-corrected chi connectivity index (χ3v) is 6.93. The summed E-state index contributed by atoms with van der Waals surface area (Å²) in [4.78, 5) is 42.1. The topological polar surface area (TPSA) is 69.7 Å². The van der Waals surface area contributed by atoms with Gasteiger partial charge in [0.05, 0.1) is 12.1 Å². The first-order chi connectivity index (χ1) is 17.0. The highest BCUT2D eigenvalue weighted by Crippen LogP contribution is 2.31. The van der Waals surface area contributed by atoms with Crippen LogP contribution in [0.15, 0.2) is 66.2 Å². The first-order valence-corrected chi connectivity index (χ1v) is 12.6. The monoisotopic (exact) mass is 473 g/mol. The minimum absolute atomic E-state index is 0.00335. The van der Waals surface area contributed by atoms with Gasteiger partial charge in [0.15, 0.2) is 11.6 Å². The molecule has 0 spiro atoms. The molecule has 1 N–H and O–H groups in total. The van der Waals surface area contributed by atoms with Crippen molar-refractivity contribution in [1.29, 1.82) is 0 Å². The van der Waals surface area contributed by atoms with Gasteiger partial charge in [-0.3, -0.25) is 19.3 Å². The number of carbonyl (C=O) groups is 3. The number of piperazine rings is 1. The quantitative estimate of drug-likeness (QED) is 0.357. The lowest BCUT2D eigenvalue weighted by Gasteiger charge is -2.34. The number of allylic oxidation sites excluding steroid dienone is 2. The average Bonchev–Trinajstić information content (AvgIpc) is 2.86. The number of Topliss-reactive ketones (excluding diaryl/α,β-unsaturated/α-hetero) is 2. The van der Waals surface area contributed by atoms with Gasteiger partial charge in [-0.2, -0.15) is 0 Å². The standard InChI is InChI=1S/C29H35N3O3/c1-22-10-12-25(13-11-22)30-29(35)21-32-17-15-31(16-18-32)14-6-5-9-26-27(33)19-24(20-28(26)34)23-7-3-2-4-8-23/h2-4,7-13,24H,5-6,14-21H2,1H3,(H,30,35). The summed E-state index contributed by atoms with van der Waals surface area (Å²) < 4.78 is 0. The maximum Gasteiger partial charge on any atom is 0.238 e. The molecule has 1 saturated carbocycles. The molecule has 2 fully saturated rings. The number of aryl methyl sites for hydroxylation is 1. The van der Waals surface area contributed by atoms with Crippen molar-refractivity contribution in [1.82, 2.24) is 9.80 Å². The molecule has 2 aromatic carbocycles. The molecular weight excluding hydrogens is 438 g/mol. The predicted molar refractivity (Wildman–Crippen MR) is 138 cm³/mol. The number of hydrogen-bond donors (Lipinski definition) is 1. The zero-order valence-corrected chi connectivity index (χ0v) is 20.5. The van der Waals surface area contributed by atoms with Crippen LogP contribution in [0.25, 0.3) is 0 Å². The maximum absolute atomic E-state index is 12.6. The number of nitrogens with one attached hydrogen (secondary N) is 1. The highest BCUT2D eigenvalue weighted by Gasteiger charge is 2.30. The van der Waals surface area contributed by atoms with Crippen LogP contribution in [-0.2, 0) is 14.4 Å². The molecule has 6 heteroatoms. The molecule has 2 aliphatic rings. The molecule has 1 aliphatic carbocycles. The molecule has 1 saturated heterocycles. The van der Waals surface area contributed by atoms with E-state index in [1.54, 1.807) is 0 Å². The molecule has 1 heterocycles. The van der Waals surface area contributed by atoms with Gasteiger partial charge in [-0.05, 0) is 49.9 Å². The van der Waals surface area contributed by atoms with E-state index in [9.17, 15) is 14.4 Å². The Morgan fingerprint density at radius 3 is 2.20 bits per heavy atom. The van der Waals surface area contributed by atoms with E-state index < -0.39 is 0 Å². The molecule has 0 aromatic heterocycles. The minimum Gasteiger partial charge on any atom is -0.325 e. The van der Waals surface area contributed by atoms with Crippen LogP contribution in [0.3, 0.4) is 0 Å². The summed E-state index contributed by atoms with van der Waals surface area (Å²) >= 11 is 0. The smallest absolute Gasteiger partial charge is 0.238 e. The maximum atomic E-state index is 12.6. The Morgan fingerprint density at radius 2 is 1.54 bits per heavy atom. The molecule has 0 atom stereocenters. The number of carbonyl (C=O) groups excluding carboxylic acids is 3. The molecule has 184 valence electrons. The van der Waals surface area contributed by atoms with E-state index in [1.807, 2.05) is 67.6 Å². The Hall–Kier alpha value is -3.09. The lowest BCUT2D eigenvalue weighted by Crippen LogP contribution is -2.48. The van der Waals surface area contributed by atoms with Crippen LogP contribution in [0.4, 0.5) is 5.69 Å². The van der Waals surface area contributed by atoms with Crippen LogP contribution >= 0.6 is 0 Å². The third-order valence-electron chi connectivity index (χ3n) is 6.93. The predicted octanol–water partition coefficient (Wildman–Crippen LogP) is 3.97. The van der Waals surface area contributed by atoms with Crippen molar-refractivity contribution in [2.24, 2.45) is 0 Å². The van der Waals surface area contributed by atoms with E-state index in [0.717, 1.165) is 56.8 Å². The number of rotatable bonds is 8. The lowest BCUT2D eigenvalue weighted by molar-refractivity contribution is -0.124. The van der Waals surface area contributed by atoms with Crippen molar-refractivity contribution >= 4 is 23.2 Å². The molecule has 1 aliphatic heterocycles. The van der Waals surface area contributed by atoms with E-state index in [0.29, 0.717) is 25.0 Å². The third kappa shape index (κ3) is 7.20. The molecule has 4 rings (SSSR count). The number of amides is 1. The van der Waals surface area contributed by atoms with Crippen molar-refractivity contribution in [3.63, 3.8) is 0 Å². The minimum atomic E-state index is -0.0207. The van der Waals surface area contributed by atoms with Crippen LogP contribution in [0.2, 0.25) is 0 Å². The van der Waals surface area contributed by atoms with Crippen LogP contribution in [0.5, 0.6) is 0 Å². The highest BCUT2D eigenvalue weighted by molar-refractivity contribution is 6.22. The van der Waals surface area contributed by atoms with Gasteiger partial charge in [-0.25, -0.2) is 0 Å². The van der Waals surface area contributed by atoms with Crippen molar-refractivity contribution in [3.8, 4) is 0 Å². The first kappa shape index (κ1) is 25.0. The molecule has 35 heavy (non-hydrogen) atoms. The zero-order chi connectivity index (χ0) is 24.6. The fraction of sp³-hybridized carbons (Fsp3) is 0.414. The molecule has 0 unspecified atom stereocenters. The molecule has 1 amide bonds. The number of benzene rings is 2. The van der Waals surface area contributed by atoms with Crippen molar-refractivity contribution in [2.75, 3.05) is 44.6 Å². The van der Waals surface area contributed by atoms with Gasteiger partial charge in [-0.15, -0.1) is 0 Å². The van der Waals surface area contributed by atoms with E-state index in [4.69, 9.17) is 0 Å². The summed E-state index contributed by atoms with van der Waals surface area (Å²) in [5.41, 5.74) is 3.48. The molecule has 0 radical (unpaired) electrons. The van der Waals surface area contributed by atoms with Gasteiger partial charge >= 0.3 is 0 Å². The summed E-state index contributed by atoms with van der Waals surface area (Å²) in [6, 6.07) is 17.7. The molecular formula is C29H35N3O3. The number of ketones is 2. The van der Waals surface area contributed by atoms with Crippen LogP contribution in [0.1, 0.15) is 42.7 Å². The summed E-state index contributed by atoms with van der Waals surface area (Å²) in [7, 11) is 0. The second-order valence-corrected chi connectivity index (χ2v) is 9.65. The fourth-order valence-corrected chi connectivity index (χ4v) is 4.86. The summed E-state index contributed by atoms with van der Waals surface area (Å²) in [6.45, 7) is 6.93. The van der Waals surface area contributed by atoms with Gasteiger partial charge in [0.2, 0.25) is 5.91 Å². The molecule has 0 bridgehead atoms. The van der Waals surface area contributed by atoms with E-state index in [1.165, 1.54) is 5.56 Å². The Balaban J connectivity index is 1.14. The highest BCUT2D eigenvalue weighted by atomic mass is 16.2. The van der Waals surface area contributed by atoms with Crippen molar-refractivity contribution < 1.29 is 14.4 Å². The Morgan fingerprint density at radius 1 is 0.914 bits per heavy atom. The normalized spacial score (nSPS) is 19.6. The number of hydrogen-bond acceptors (Lipinski definition) is 5. The second-order valence-electron chi connectivity index (χ2n) is 9.65. The Kier molecular flexibility index (Phi) is 8.61. The summed E-state index contributed by atoms with van der Waals surface area (Å²) in [6.07, 6.45) is 4.35. The van der Waals surface area contributed by atoms with E-state index in [-0.39, 0.29) is 23.4 Å². The zero-order valence-electron chi connectivity index (χ0n) is 20.5. The van der Waals surface area contributed by atoms with Gasteiger partial charge in [0.1, 0.15) is 0 Å². The van der Waals surface area contributed by atoms with Crippen LogP contribution in [-0.4, -0.2) is 66.5 Å². The fourth-order valence-electron chi connectivity index (χ4n) is 4.86. The molecule has 2 aromatic rings. The largest absolute Gasteiger partial charge is 0.325 e. The number of anilines is 1. The van der Waals surface area contributed by atoms with Crippen molar-refractivity contribution in [3.05, 3.63) is 77.4 Å². The van der Waals surface area contributed by atoms with E-state index in [2.05, 4.69) is 15.1 Å². The summed E-state index contributed by atoms with van der Waals surface area (Å²) in [5, 5.41) is 2.96. The second kappa shape index (κ2) is 12.0. The van der Waals surface area contributed by atoms with E-state index >= 15 is 0 Å². The van der Waals surface area contributed by atoms with Gasteiger partial charge in [-0.1, -0.05) is 54.1 Å². The van der Waals surface area contributed by atoms with Gasteiger partial charge in [0.25, 0.3) is 0 Å². The van der Waals surface area contributed by atoms with Crippen LogP contribution in [0, 0.1) is 6.92 Å². The summed E-state index contributed by atoms with van der Waals surface area (Å²) in [5.74, 6) is -0.0193. The van der Waals surface area contributed by atoms with Gasteiger partial charge in [0, 0.05) is 44.7 Å². The SMILES string of the molecule is Cc1ccc(NC(=O)CN2CCN(CCCC=C3C(=O)CC(c4ccccc4)CC3=O)CC2)cc1. The van der Waals surface area contributed by atoms with Gasteiger partial charge < -0.3 is 10.2 Å².